The summed E-state index contributed by atoms with van der Waals surface area (Å²) in [6.45, 7) is 0.880. The van der Waals surface area contributed by atoms with E-state index in [-0.39, 0.29) is 5.91 Å². The molecule has 1 atom stereocenters. The number of fused-ring (bicyclic) bond motifs is 1. The van der Waals surface area contributed by atoms with Crippen LogP contribution in [0.2, 0.25) is 5.02 Å². The van der Waals surface area contributed by atoms with Crippen LogP contribution in [0.4, 0.5) is 0 Å². The van der Waals surface area contributed by atoms with E-state index in [4.69, 9.17) is 17.3 Å². The first kappa shape index (κ1) is 12.0. The fraction of sp³-hybridized carbons (Fsp3) is 0.500. The molecule has 3 nitrogen and oxygen atoms in total. The van der Waals surface area contributed by atoms with Gasteiger partial charge in [0.15, 0.2) is 0 Å². The SMILES string of the molecule is NC(=O)C1(NCC2CC2)CCc2cc(Cl)ccc21. The second kappa shape index (κ2) is 4.25. The minimum absolute atomic E-state index is 0.274. The molecule has 0 saturated heterocycles. The molecule has 2 aliphatic rings. The topological polar surface area (TPSA) is 55.1 Å². The number of carbonyl (C=O) groups excluding carboxylic acids is 1. The number of hydrogen-bond donors (Lipinski definition) is 2. The van der Waals surface area contributed by atoms with Crippen molar-refractivity contribution < 1.29 is 4.79 Å². The Labute approximate surface area is 112 Å². The fourth-order valence-corrected chi connectivity index (χ4v) is 3.00. The standard InChI is InChI=1S/C14H17ClN2O/c15-11-3-4-12-10(7-11)5-6-14(12,13(16)18)17-8-9-1-2-9/h3-4,7,9,17H,1-2,5-6,8H2,(H2,16,18). The van der Waals surface area contributed by atoms with Gasteiger partial charge in [0, 0.05) is 5.02 Å². The number of halogens is 1. The predicted molar refractivity (Wildman–Crippen MR) is 71.4 cm³/mol. The molecule has 0 aliphatic heterocycles. The van der Waals surface area contributed by atoms with Crippen molar-refractivity contribution in [1.82, 2.24) is 5.32 Å². The van der Waals surface area contributed by atoms with Crippen LogP contribution >= 0.6 is 11.6 Å². The normalized spacial score (nSPS) is 26.1. The molecule has 0 aromatic heterocycles. The molecule has 0 spiro atoms. The maximum atomic E-state index is 11.9. The van der Waals surface area contributed by atoms with Crippen molar-refractivity contribution >= 4 is 17.5 Å². The van der Waals surface area contributed by atoms with Crippen molar-refractivity contribution in [3.63, 3.8) is 0 Å². The predicted octanol–water partition coefficient (Wildman–Crippen LogP) is 1.97. The van der Waals surface area contributed by atoms with E-state index in [1.54, 1.807) is 0 Å². The Bertz CT molecular complexity index is 499. The zero-order valence-electron chi connectivity index (χ0n) is 10.2. The molecule has 0 bridgehead atoms. The highest BCUT2D eigenvalue weighted by atomic mass is 35.5. The summed E-state index contributed by atoms with van der Waals surface area (Å²) in [5, 5.41) is 4.13. The van der Waals surface area contributed by atoms with Crippen molar-refractivity contribution in [2.45, 2.75) is 31.2 Å². The van der Waals surface area contributed by atoms with Gasteiger partial charge in [-0.15, -0.1) is 0 Å². The highest BCUT2D eigenvalue weighted by Gasteiger charge is 2.44. The number of hydrogen-bond acceptors (Lipinski definition) is 2. The molecule has 3 N–H and O–H groups in total. The Balaban J connectivity index is 1.94. The largest absolute Gasteiger partial charge is 0.368 e. The smallest absolute Gasteiger partial charge is 0.242 e. The van der Waals surface area contributed by atoms with Crippen molar-refractivity contribution in [2.75, 3.05) is 6.54 Å². The second-order valence-electron chi connectivity index (χ2n) is 5.40. The first-order valence-electron chi connectivity index (χ1n) is 6.46. The van der Waals surface area contributed by atoms with Crippen molar-refractivity contribution in [3.05, 3.63) is 34.3 Å². The molecule has 1 fully saturated rings. The number of nitrogens with two attached hydrogens (primary N) is 1. The van der Waals surface area contributed by atoms with E-state index in [0.717, 1.165) is 41.5 Å². The van der Waals surface area contributed by atoms with Gasteiger partial charge in [-0.1, -0.05) is 17.7 Å². The Hall–Kier alpha value is -1.06. The zero-order chi connectivity index (χ0) is 12.8. The summed E-state index contributed by atoms with van der Waals surface area (Å²) in [4.78, 5) is 11.9. The first-order chi connectivity index (χ1) is 8.62. The molecule has 1 aromatic rings. The second-order valence-corrected chi connectivity index (χ2v) is 5.83. The molecule has 3 rings (SSSR count). The number of nitrogens with one attached hydrogen (secondary N) is 1. The minimum Gasteiger partial charge on any atom is -0.368 e. The summed E-state index contributed by atoms with van der Waals surface area (Å²) < 4.78 is 0. The quantitative estimate of drug-likeness (QED) is 0.874. The van der Waals surface area contributed by atoms with Crippen LogP contribution in [0.3, 0.4) is 0 Å². The maximum absolute atomic E-state index is 11.9. The van der Waals surface area contributed by atoms with Gasteiger partial charge in [0.1, 0.15) is 5.54 Å². The van der Waals surface area contributed by atoms with Crippen molar-refractivity contribution in [1.29, 1.82) is 0 Å². The molecular weight excluding hydrogens is 248 g/mol. The number of benzene rings is 1. The molecule has 0 heterocycles. The summed E-state index contributed by atoms with van der Waals surface area (Å²) >= 11 is 6.00. The number of primary amides is 1. The van der Waals surface area contributed by atoms with Crippen LogP contribution in [-0.4, -0.2) is 12.5 Å². The van der Waals surface area contributed by atoms with Crippen LogP contribution in [0, 0.1) is 5.92 Å². The van der Waals surface area contributed by atoms with Crippen molar-refractivity contribution in [3.8, 4) is 0 Å². The van der Waals surface area contributed by atoms with Gasteiger partial charge in [-0.05, 0) is 61.4 Å². The number of carbonyl (C=O) groups is 1. The lowest BCUT2D eigenvalue weighted by molar-refractivity contribution is -0.124. The van der Waals surface area contributed by atoms with Crippen molar-refractivity contribution in [2.24, 2.45) is 11.7 Å². The van der Waals surface area contributed by atoms with E-state index in [1.807, 2.05) is 18.2 Å². The first-order valence-corrected chi connectivity index (χ1v) is 6.83. The van der Waals surface area contributed by atoms with Crippen LogP contribution in [0.1, 0.15) is 30.4 Å². The molecule has 1 amide bonds. The number of rotatable bonds is 4. The van der Waals surface area contributed by atoms with Gasteiger partial charge < -0.3 is 5.73 Å². The molecule has 2 aliphatic carbocycles. The van der Waals surface area contributed by atoms with Gasteiger partial charge in [-0.25, -0.2) is 0 Å². The Kier molecular flexibility index (Phi) is 2.83. The Morgan fingerprint density at radius 1 is 1.50 bits per heavy atom. The van der Waals surface area contributed by atoms with Crippen LogP contribution in [0.5, 0.6) is 0 Å². The Morgan fingerprint density at radius 2 is 2.28 bits per heavy atom. The summed E-state index contributed by atoms with van der Waals surface area (Å²) in [6, 6.07) is 5.72. The fourth-order valence-electron chi connectivity index (χ4n) is 2.81. The lowest BCUT2D eigenvalue weighted by Crippen LogP contribution is -2.51. The monoisotopic (exact) mass is 264 g/mol. The lowest BCUT2D eigenvalue weighted by Gasteiger charge is -2.28. The third-order valence-corrected chi connectivity index (χ3v) is 4.34. The van der Waals surface area contributed by atoms with Crippen LogP contribution in [0.15, 0.2) is 18.2 Å². The number of aryl methyl sites for hydroxylation is 1. The molecule has 1 saturated carbocycles. The van der Waals surface area contributed by atoms with Gasteiger partial charge in [-0.2, -0.15) is 0 Å². The molecule has 4 heteroatoms. The zero-order valence-corrected chi connectivity index (χ0v) is 11.0. The van der Waals surface area contributed by atoms with Gasteiger partial charge in [0.25, 0.3) is 0 Å². The molecule has 0 radical (unpaired) electrons. The van der Waals surface area contributed by atoms with Gasteiger partial charge >= 0.3 is 0 Å². The van der Waals surface area contributed by atoms with Gasteiger partial charge in [0.05, 0.1) is 0 Å². The number of amides is 1. The summed E-state index contributed by atoms with van der Waals surface area (Å²) in [5.41, 5.74) is 7.14. The molecule has 1 aromatic carbocycles. The molecular formula is C14H17ClN2O. The average molecular weight is 265 g/mol. The van der Waals surface area contributed by atoms with E-state index in [1.165, 1.54) is 12.8 Å². The van der Waals surface area contributed by atoms with E-state index in [9.17, 15) is 4.79 Å². The molecule has 96 valence electrons. The highest BCUT2D eigenvalue weighted by molar-refractivity contribution is 6.30. The van der Waals surface area contributed by atoms with E-state index in [2.05, 4.69) is 5.32 Å². The van der Waals surface area contributed by atoms with E-state index in [0.29, 0.717) is 0 Å². The average Bonchev–Trinajstić information content (AvgIpc) is 3.08. The maximum Gasteiger partial charge on any atom is 0.242 e. The Morgan fingerprint density at radius 3 is 2.94 bits per heavy atom. The minimum atomic E-state index is -0.678. The molecule has 1 unspecified atom stereocenters. The summed E-state index contributed by atoms with van der Waals surface area (Å²) in [7, 11) is 0. The molecule has 18 heavy (non-hydrogen) atoms. The van der Waals surface area contributed by atoms with Crippen LogP contribution < -0.4 is 11.1 Å². The van der Waals surface area contributed by atoms with Crippen LogP contribution in [0.25, 0.3) is 0 Å². The third kappa shape index (κ3) is 1.91. The lowest BCUT2D eigenvalue weighted by atomic mass is 9.90. The van der Waals surface area contributed by atoms with E-state index < -0.39 is 5.54 Å². The van der Waals surface area contributed by atoms with Crippen LogP contribution in [-0.2, 0) is 16.8 Å². The third-order valence-electron chi connectivity index (χ3n) is 4.11. The summed E-state index contributed by atoms with van der Waals surface area (Å²) in [6.07, 6.45) is 4.12. The van der Waals surface area contributed by atoms with E-state index >= 15 is 0 Å². The summed E-state index contributed by atoms with van der Waals surface area (Å²) in [5.74, 6) is 0.446. The van der Waals surface area contributed by atoms with Gasteiger partial charge in [-0.3, -0.25) is 10.1 Å². The van der Waals surface area contributed by atoms with Gasteiger partial charge in [0.2, 0.25) is 5.91 Å². The highest BCUT2D eigenvalue weighted by Crippen LogP contribution is 2.39.